The number of anilines is 1. The van der Waals surface area contributed by atoms with E-state index in [1.807, 2.05) is 11.0 Å². The Morgan fingerprint density at radius 1 is 1.30 bits per heavy atom. The van der Waals surface area contributed by atoms with E-state index < -0.39 is 10.2 Å². The van der Waals surface area contributed by atoms with E-state index in [0.717, 1.165) is 0 Å². The highest BCUT2D eigenvalue weighted by atomic mass is 32.2. The number of nitrogens with zero attached hydrogens (tertiary/aromatic N) is 6. The highest BCUT2D eigenvalue weighted by molar-refractivity contribution is 7.86. The fourth-order valence-corrected chi connectivity index (χ4v) is 3.04. The van der Waals surface area contributed by atoms with Gasteiger partial charge in [-0.05, 0) is 0 Å². The van der Waals surface area contributed by atoms with E-state index in [4.69, 9.17) is 5.26 Å². The van der Waals surface area contributed by atoms with E-state index in [1.165, 1.54) is 28.9 Å². The maximum absolute atomic E-state index is 12.0. The maximum Gasteiger partial charge on any atom is 0.281 e. The van der Waals surface area contributed by atoms with Crippen molar-refractivity contribution in [2.45, 2.75) is 0 Å². The van der Waals surface area contributed by atoms with E-state index in [-0.39, 0.29) is 0 Å². The average molecular weight is 296 g/mol. The molecule has 1 saturated heterocycles. The molecule has 2 rings (SSSR count). The van der Waals surface area contributed by atoms with Gasteiger partial charge in [-0.3, -0.25) is 0 Å². The van der Waals surface area contributed by atoms with Gasteiger partial charge >= 0.3 is 0 Å². The second-order valence-electron chi connectivity index (χ2n) is 4.59. The number of nitriles is 1. The molecule has 1 aromatic heterocycles. The Morgan fingerprint density at radius 2 is 1.95 bits per heavy atom. The normalized spacial score (nSPS) is 17.2. The Balaban J connectivity index is 2.07. The molecule has 1 aliphatic heterocycles. The van der Waals surface area contributed by atoms with Crippen molar-refractivity contribution in [1.29, 1.82) is 5.26 Å². The van der Waals surface area contributed by atoms with E-state index in [1.54, 1.807) is 6.07 Å². The zero-order valence-electron chi connectivity index (χ0n) is 11.4. The van der Waals surface area contributed by atoms with Gasteiger partial charge in [0.15, 0.2) is 5.82 Å². The quantitative estimate of drug-likeness (QED) is 0.730. The number of hydrogen-bond donors (Lipinski definition) is 0. The summed E-state index contributed by atoms with van der Waals surface area (Å²) in [7, 11) is -0.332. The third kappa shape index (κ3) is 2.87. The lowest BCUT2D eigenvalue weighted by atomic mass is 10.3. The van der Waals surface area contributed by atoms with Gasteiger partial charge < -0.3 is 4.90 Å². The fraction of sp³-hybridized carbons (Fsp3) is 0.545. The Bertz CT molecular complexity index is 616. The molecule has 9 heteroatoms. The first-order chi connectivity index (χ1) is 9.45. The van der Waals surface area contributed by atoms with Crippen molar-refractivity contribution in [3.05, 3.63) is 17.8 Å². The van der Waals surface area contributed by atoms with Gasteiger partial charge in [-0.15, -0.1) is 5.10 Å². The predicted octanol–water partition coefficient (Wildman–Crippen LogP) is -0.723. The van der Waals surface area contributed by atoms with Crippen LogP contribution in [0.2, 0.25) is 0 Å². The molecule has 0 aliphatic carbocycles. The third-order valence-electron chi connectivity index (χ3n) is 3.12. The molecule has 0 aromatic carbocycles. The average Bonchev–Trinajstić information content (AvgIpc) is 2.47. The highest BCUT2D eigenvalue weighted by Gasteiger charge is 2.29. The zero-order chi connectivity index (χ0) is 14.8. The van der Waals surface area contributed by atoms with Crippen molar-refractivity contribution in [1.82, 2.24) is 18.8 Å². The van der Waals surface area contributed by atoms with Gasteiger partial charge in [-0.25, -0.2) is 0 Å². The Kier molecular flexibility index (Phi) is 4.17. The first-order valence-electron chi connectivity index (χ1n) is 6.10. The van der Waals surface area contributed by atoms with Crippen molar-refractivity contribution in [3.8, 4) is 6.07 Å². The van der Waals surface area contributed by atoms with Crippen LogP contribution in [0.5, 0.6) is 0 Å². The Labute approximate surface area is 118 Å². The molecule has 0 amide bonds. The molecule has 20 heavy (non-hydrogen) atoms. The third-order valence-corrected chi connectivity index (χ3v) is 5.06. The molecule has 8 nitrogen and oxygen atoms in total. The first kappa shape index (κ1) is 14.6. The number of aromatic nitrogens is 2. The molecule has 0 radical (unpaired) electrons. The van der Waals surface area contributed by atoms with Crippen molar-refractivity contribution < 1.29 is 8.42 Å². The summed E-state index contributed by atoms with van der Waals surface area (Å²) in [6.07, 6.45) is 1.40. The molecule has 0 unspecified atom stereocenters. The van der Waals surface area contributed by atoms with Crippen molar-refractivity contribution in [3.63, 3.8) is 0 Å². The van der Waals surface area contributed by atoms with Gasteiger partial charge in [0, 0.05) is 46.3 Å². The molecule has 1 aliphatic rings. The topological polar surface area (TPSA) is 93.4 Å². The lowest BCUT2D eigenvalue weighted by Gasteiger charge is -2.35. The molecule has 1 aromatic rings. The molecule has 0 atom stereocenters. The van der Waals surface area contributed by atoms with Crippen molar-refractivity contribution in [2.75, 3.05) is 45.2 Å². The molecule has 0 N–H and O–H groups in total. The van der Waals surface area contributed by atoms with Gasteiger partial charge in [-0.1, -0.05) is 0 Å². The standard InChI is InChI=1S/C11H16N6O2S/c1-15(2)20(18,19)17-5-3-16(4-6-17)11-7-10(8-12)9-13-14-11/h7,9H,3-6H2,1-2H3. The van der Waals surface area contributed by atoms with E-state index >= 15 is 0 Å². The molecule has 108 valence electrons. The summed E-state index contributed by atoms with van der Waals surface area (Å²) < 4.78 is 26.6. The van der Waals surface area contributed by atoms with Crippen LogP contribution in [-0.4, -0.2) is 67.5 Å². The van der Waals surface area contributed by atoms with Gasteiger partial charge in [0.1, 0.15) is 6.07 Å². The van der Waals surface area contributed by atoms with Gasteiger partial charge in [0.05, 0.1) is 11.8 Å². The fourth-order valence-electron chi connectivity index (χ4n) is 1.95. The molecule has 0 bridgehead atoms. The van der Waals surface area contributed by atoms with Crippen molar-refractivity contribution in [2.24, 2.45) is 0 Å². The smallest absolute Gasteiger partial charge is 0.281 e. The van der Waals surface area contributed by atoms with Gasteiger partial charge in [0.2, 0.25) is 0 Å². The SMILES string of the molecule is CN(C)S(=O)(=O)N1CCN(c2cc(C#N)cnn2)CC1. The monoisotopic (exact) mass is 296 g/mol. The highest BCUT2D eigenvalue weighted by Crippen LogP contribution is 2.16. The molecular weight excluding hydrogens is 280 g/mol. The van der Waals surface area contributed by atoms with E-state index in [0.29, 0.717) is 37.6 Å². The largest absolute Gasteiger partial charge is 0.352 e. The minimum Gasteiger partial charge on any atom is -0.352 e. The van der Waals surface area contributed by atoms with Crippen LogP contribution in [0.1, 0.15) is 5.56 Å². The van der Waals surface area contributed by atoms with Crippen LogP contribution in [-0.2, 0) is 10.2 Å². The van der Waals surface area contributed by atoms with Crippen LogP contribution in [0.3, 0.4) is 0 Å². The van der Waals surface area contributed by atoms with Crippen LogP contribution >= 0.6 is 0 Å². The van der Waals surface area contributed by atoms with Gasteiger partial charge in [0.25, 0.3) is 10.2 Å². The van der Waals surface area contributed by atoms with E-state index in [9.17, 15) is 8.42 Å². The molecule has 0 saturated carbocycles. The van der Waals surface area contributed by atoms with Crippen LogP contribution in [0.15, 0.2) is 12.3 Å². The summed E-state index contributed by atoms with van der Waals surface area (Å²) in [4.78, 5) is 1.93. The summed E-state index contributed by atoms with van der Waals surface area (Å²) in [5.41, 5.74) is 0.443. The predicted molar refractivity (Wildman–Crippen MR) is 73.1 cm³/mol. The second-order valence-corrected chi connectivity index (χ2v) is 6.73. The summed E-state index contributed by atoms with van der Waals surface area (Å²) in [5, 5.41) is 16.6. The molecule has 1 fully saturated rings. The van der Waals surface area contributed by atoms with Crippen LogP contribution in [0.25, 0.3) is 0 Å². The van der Waals surface area contributed by atoms with Crippen LogP contribution < -0.4 is 4.90 Å². The molecule has 2 heterocycles. The lowest BCUT2D eigenvalue weighted by molar-refractivity contribution is 0.354. The number of hydrogen-bond acceptors (Lipinski definition) is 6. The molecule has 0 spiro atoms. The van der Waals surface area contributed by atoms with Crippen molar-refractivity contribution >= 4 is 16.0 Å². The maximum atomic E-state index is 12.0. The minimum absolute atomic E-state index is 0.388. The second kappa shape index (κ2) is 5.70. The summed E-state index contributed by atoms with van der Waals surface area (Å²) >= 11 is 0. The van der Waals surface area contributed by atoms with Crippen LogP contribution in [0, 0.1) is 11.3 Å². The summed E-state index contributed by atoms with van der Waals surface area (Å²) in [5.74, 6) is 0.603. The summed E-state index contributed by atoms with van der Waals surface area (Å²) in [6.45, 7) is 1.82. The molecular formula is C11H16N6O2S. The first-order valence-corrected chi connectivity index (χ1v) is 7.50. The minimum atomic E-state index is -3.37. The number of piperazine rings is 1. The Morgan fingerprint density at radius 3 is 2.50 bits per heavy atom. The Hall–Kier alpha value is -1.76. The van der Waals surface area contributed by atoms with Crippen LogP contribution in [0.4, 0.5) is 5.82 Å². The van der Waals surface area contributed by atoms with E-state index in [2.05, 4.69) is 10.2 Å². The number of rotatable bonds is 3. The lowest BCUT2D eigenvalue weighted by Crippen LogP contribution is -2.51. The summed E-state index contributed by atoms with van der Waals surface area (Å²) in [6, 6.07) is 3.67. The van der Waals surface area contributed by atoms with Gasteiger partial charge in [-0.2, -0.15) is 27.4 Å². The zero-order valence-corrected chi connectivity index (χ0v) is 12.2.